The number of nitrogens with one attached hydrogen (secondary N) is 1. The van der Waals surface area contributed by atoms with Gasteiger partial charge in [0.25, 0.3) is 11.6 Å². The van der Waals surface area contributed by atoms with Crippen LogP contribution in [0.15, 0.2) is 18.2 Å². The molecule has 0 aromatic heterocycles. The summed E-state index contributed by atoms with van der Waals surface area (Å²) in [5.74, 6) is -0.229. The van der Waals surface area contributed by atoms with Crippen molar-refractivity contribution in [3.8, 4) is 0 Å². The lowest BCUT2D eigenvalue weighted by atomic mass is 9.96. The topological polar surface area (TPSA) is 75.5 Å². The van der Waals surface area contributed by atoms with Crippen molar-refractivity contribution in [3.05, 3.63) is 33.9 Å². The number of nitro benzene ring substituents is 1. The molecule has 0 unspecified atom stereocenters. The van der Waals surface area contributed by atoms with E-state index in [1.54, 1.807) is 25.1 Å². The molecule has 0 saturated heterocycles. The first-order chi connectivity index (χ1) is 9.15. The van der Waals surface area contributed by atoms with Gasteiger partial charge in [-0.15, -0.1) is 0 Å². The van der Waals surface area contributed by atoms with Crippen molar-refractivity contribution in [1.82, 2.24) is 4.90 Å². The number of hydrogen-bond acceptors (Lipinski definition) is 4. The number of anilines is 1. The number of benzene rings is 1. The summed E-state index contributed by atoms with van der Waals surface area (Å²) in [5, 5.41) is 13.7. The minimum atomic E-state index is -0.500. The first kappa shape index (κ1) is 15.9. The fraction of sp³-hybridized carbons (Fsp3) is 0.500. The summed E-state index contributed by atoms with van der Waals surface area (Å²) in [6.07, 6.45) is 0. The van der Waals surface area contributed by atoms with Crippen molar-refractivity contribution in [1.29, 1.82) is 0 Å². The first-order valence-electron chi connectivity index (χ1n) is 6.37. The number of nitro groups is 1. The van der Waals surface area contributed by atoms with Gasteiger partial charge >= 0.3 is 0 Å². The number of nitrogens with zero attached hydrogens (tertiary/aromatic N) is 2. The maximum Gasteiger partial charge on any atom is 0.270 e. The lowest BCUT2D eigenvalue weighted by Gasteiger charge is -2.27. The highest BCUT2D eigenvalue weighted by Crippen LogP contribution is 2.24. The lowest BCUT2D eigenvalue weighted by Crippen LogP contribution is -2.34. The molecular weight excluding hydrogens is 258 g/mol. The molecule has 0 fully saturated rings. The van der Waals surface area contributed by atoms with Crippen LogP contribution >= 0.6 is 0 Å². The van der Waals surface area contributed by atoms with Crippen LogP contribution in [0.4, 0.5) is 11.4 Å². The van der Waals surface area contributed by atoms with Crippen molar-refractivity contribution < 1.29 is 9.72 Å². The van der Waals surface area contributed by atoms with Crippen molar-refractivity contribution in [2.24, 2.45) is 5.41 Å². The van der Waals surface area contributed by atoms with Gasteiger partial charge in [-0.05, 0) is 11.5 Å². The molecule has 1 N–H and O–H groups in total. The predicted molar refractivity (Wildman–Crippen MR) is 79.1 cm³/mol. The van der Waals surface area contributed by atoms with Gasteiger partial charge in [0.15, 0.2) is 0 Å². The Labute approximate surface area is 118 Å². The molecule has 0 radical (unpaired) electrons. The number of hydrogen-bond donors (Lipinski definition) is 1. The highest BCUT2D eigenvalue weighted by Gasteiger charge is 2.22. The van der Waals surface area contributed by atoms with Gasteiger partial charge in [-0.1, -0.05) is 20.8 Å². The minimum absolute atomic E-state index is 0.0368. The molecule has 0 bridgehead atoms. The normalized spacial score (nSPS) is 11.1. The number of amides is 1. The molecule has 20 heavy (non-hydrogen) atoms. The third-order valence-electron chi connectivity index (χ3n) is 2.77. The quantitative estimate of drug-likeness (QED) is 0.679. The van der Waals surface area contributed by atoms with Crippen LogP contribution in [0.25, 0.3) is 0 Å². The molecule has 0 atom stereocenters. The van der Waals surface area contributed by atoms with Crippen molar-refractivity contribution in [2.45, 2.75) is 20.8 Å². The number of carbonyl (C=O) groups excluding carboxylic acids is 1. The van der Waals surface area contributed by atoms with E-state index in [0.29, 0.717) is 17.8 Å². The largest absolute Gasteiger partial charge is 0.387 e. The van der Waals surface area contributed by atoms with Crippen molar-refractivity contribution in [2.75, 3.05) is 26.0 Å². The molecule has 0 saturated carbocycles. The summed E-state index contributed by atoms with van der Waals surface area (Å²) >= 11 is 0. The van der Waals surface area contributed by atoms with Crippen LogP contribution in [-0.4, -0.2) is 36.4 Å². The minimum Gasteiger partial charge on any atom is -0.387 e. The SMILES string of the molecule is CNc1ccc([N+](=O)[O-])cc1C(=O)N(C)CC(C)(C)C. The first-order valence-corrected chi connectivity index (χ1v) is 6.37. The second-order valence-corrected chi connectivity index (χ2v) is 5.96. The summed E-state index contributed by atoms with van der Waals surface area (Å²) in [7, 11) is 3.38. The average molecular weight is 279 g/mol. The van der Waals surface area contributed by atoms with Crippen LogP contribution in [0.5, 0.6) is 0 Å². The van der Waals surface area contributed by atoms with E-state index >= 15 is 0 Å². The summed E-state index contributed by atoms with van der Waals surface area (Å²) < 4.78 is 0. The van der Waals surface area contributed by atoms with Gasteiger partial charge in [-0.25, -0.2) is 0 Å². The zero-order valence-corrected chi connectivity index (χ0v) is 12.6. The van der Waals surface area contributed by atoms with Gasteiger partial charge in [0.2, 0.25) is 0 Å². The Morgan fingerprint density at radius 1 is 1.40 bits per heavy atom. The maximum atomic E-state index is 12.4. The van der Waals surface area contributed by atoms with E-state index in [0.717, 1.165) is 0 Å². The number of carbonyl (C=O) groups is 1. The molecule has 0 aliphatic carbocycles. The maximum absolute atomic E-state index is 12.4. The Kier molecular flexibility index (Phi) is 4.70. The molecule has 110 valence electrons. The zero-order valence-electron chi connectivity index (χ0n) is 12.6. The second kappa shape index (κ2) is 5.90. The number of rotatable bonds is 4. The third kappa shape index (κ3) is 3.94. The van der Waals surface area contributed by atoms with E-state index in [2.05, 4.69) is 5.32 Å². The fourth-order valence-corrected chi connectivity index (χ4v) is 2.03. The molecule has 1 aromatic rings. The van der Waals surface area contributed by atoms with Crippen LogP contribution in [0.1, 0.15) is 31.1 Å². The average Bonchev–Trinajstić information content (AvgIpc) is 2.34. The van der Waals surface area contributed by atoms with Crippen LogP contribution < -0.4 is 5.32 Å². The van der Waals surface area contributed by atoms with Gasteiger partial charge in [-0.2, -0.15) is 0 Å². The van der Waals surface area contributed by atoms with Crippen LogP contribution in [-0.2, 0) is 0 Å². The van der Waals surface area contributed by atoms with Crippen molar-refractivity contribution in [3.63, 3.8) is 0 Å². The summed E-state index contributed by atoms with van der Waals surface area (Å²) in [6.45, 7) is 6.66. The van der Waals surface area contributed by atoms with Crippen LogP contribution in [0.3, 0.4) is 0 Å². The molecule has 1 amide bonds. The zero-order chi connectivity index (χ0) is 15.5. The van der Waals surface area contributed by atoms with E-state index in [4.69, 9.17) is 0 Å². The predicted octanol–water partition coefficient (Wildman–Crippen LogP) is 2.75. The molecule has 0 spiro atoms. The van der Waals surface area contributed by atoms with Crippen LogP contribution in [0, 0.1) is 15.5 Å². The Morgan fingerprint density at radius 3 is 2.45 bits per heavy atom. The van der Waals surface area contributed by atoms with Gasteiger partial charge in [-0.3, -0.25) is 14.9 Å². The molecule has 1 rings (SSSR count). The van der Waals surface area contributed by atoms with E-state index in [-0.39, 0.29) is 17.0 Å². The molecule has 0 aliphatic rings. The van der Waals surface area contributed by atoms with E-state index in [1.165, 1.54) is 12.1 Å². The molecule has 6 heteroatoms. The molecule has 1 aromatic carbocycles. The lowest BCUT2D eigenvalue weighted by molar-refractivity contribution is -0.384. The highest BCUT2D eigenvalue weighted by molar-refractivity contribution is 6.00. The van der Waals surface area contributed by atoms with Crippen LogP contribution in [0.2, 0.25) is 0 Å². The Balaban J connectivity index is 3.13. The van der Waals surface area contributed by atoms with Gasteiger partial charge in [0.1, 0.15) is 0 Å². The monoisotopic (exact) mass is 279 g/mol. The second-order valence-electron chi connectivity index (χ2n) is 5.96. The summed E-state index contributed by atoms with van der Waals surface area (Å²) in [5.41, 5.74) is 0.775. The van der Waals surface area contributed by atoms with Crippen molar-refractivity contribution >= 4 is 17.3 Å². The fourth-order valence-electron chi connectivity index (χ4n) is 2.03. The van der Waals surface area contributed by atoms with E-state index in [1.807, 2.05) is 20.8 Å². The summed E-state index contributed by atoms with van der Waals surface area (Å²) in [6, 6.07) is 4.25. The molecular formula is C14H21N3O3. The highest BCUT2D eigenvalue weighted by atomic mass is 16.6. The Morgan fingerprint density at radius 2 is 2.00 bits per heavy atom. The smallest absolute Gasteiger partial charge is 0.270 e. The van der Waals surface area contributed by atoms with E-state index < -0.39 is 4.92 Å². The van der Waals surface area contributed by atoms with E-state index in [9.17, 15) is 14.9 Å². The Hall–Kier alpha value is -2.11. The molecule has 0 heterocycles. The number of non-ortho nitro benzene ring substituents is 1. The van der Waals surface area contributed by atoms with Gasteiger partial charge < -0.3 is 10.2 Å². The third-order valence-corrected chi connectivity index (χ3v) is 2.77. The van der Waals surface area contributed by atoms with Gasteiger partial charge in [0.05, 0.1) is 10.5 Å². The molecule has 0 aliphatic heterocycles. The molecule has 6 nitrogen and oxygen atoms in total. The summed E-state index contributed by atoms with van der Waals surface area (Å²) in [4.78, 5) is 24.4. The van der Waals surface area contributed by atoms with Gasteiger partial charge in [0, 0.05) is 38.5 Å². The Bertz CT molecular complexity index is 521. The standard InChI is InChI=1S/C14H21N3O3/c1-14(2,3)9-16(5)13(18)11-8-10(17(19)20)6-7-12(11)15-4/h6-8,15H,9H2,1-5H3.